The third kappa shape index (κ3) is 1.73. The maximum atomic E-state index is 5.90. The summed E-state index contributed by atoms with van der Waals surface area (Å²) in [6, 6.07) is 11.5. The Kier molecular flexibility index (Phi) is 2.49. The van der Waals surface area contributed by atoms with Crippen LogP contribution >= 0.6 is 11.6 Å². The number of halogens is 1. The van der Waals surface area contributed by atoms with Gasteiger partial charge >= 0.3 is 0 Å². The zero-order valence-corrected chi connectivity index (χ0v) is 10.6. The number of hydrogen-bond acceptors (Lipinski definition) is 2. The Labute approximate surface area is 110 Å². The van der Waals surface area contributed by atoms with E-state index in [1.165, 1.54) is 0 Å². The maximum Gasteiger partial charge on any atom is 0.137 e. The Morgan fingerprint density at radius 2 is 1.83 bits per heavy atom. The SMILES string of the molecule is Cc1c(-c2ccc(Cl)cc2)nc2ccc(N)cn12. The van der Waals surface area contributed by atoms with Crippen molar-refractivity contribution in [2.24, 2.45) is 0 Å². The van der Waals surface area contributed by atoms with Crippen molar-refractivity contribution >= 4 is 22.9 Å². The molecule has 2 heterocycles. The summed E-state index contributed by atoms with van der Waals surface area (Å²) in [5.41, 5.74) is 10.5. The topological polar surface area (TPSA) is 43.3 Å². The van der Waals surface area contributed by atoms with Gasteiger partial charge in [0.15, 0.2) is 0 Å². The van der Waals surface area contributed by atoms with Crippen LogP contribution in [0, 0.1) is 6.92 Å². The van der Waals surface area contributed by atoms with Crippen molar-refractivity contribution in [3.8, 4) is 11.3 Å². The number of imidazole rings is 1. The van der Waals surface area contributed by atoms with E-state index in [0.29, 0.717) is 0 Å². The Morgan fingerprint density at radius 1 is 1.11 bits per heavy atom. The molecule has 0 atom stereocenters. The summed E-state index contributed by atoms with van der Waals surface area (Å²) < 4.78 is 2.00. The molecule has 3 aromatic rings. The molecule has 0 amide bonds. The second kappa shape index (κ2) is 4.03. The predicted octanol–water partition coefficient (Wildman–Crippen LogP) is 3.55. The van der Waals surface area contributed by atoms with Gasteiger partial charge in [-0.3, -0.25) is 0 Å². The van der Waals surface area contributed by atoms with Gasteiger partial charge in [-0.05, 0) is 31.2 Å². The molecule has 0 aliphatic rings. The predicted molar refractivity (Wildman–Crippen MR) is 74.8 cm³/mol. The summed E-state index contributed by atoms with van der Waals surface area (Å²) in [5, 5.41) is 0.726. The number of nitrogens with zero attached hydrogens (tertiary/aromatic N) is 2. The molecule has 3 nitrogen and oxygen atoms in total. The van der Waals surface area contributed by atoms with E-state index >= 15 is 0 Å². The highest BCUT2D eigenvalue weighted by Crippen LogP contribution is 2.25. The minimum absolute atomic E-state index is 0.726. The first-order valence-corrected chi connectivity index (χ1v) is 6.03. The number of rotatable bonds is 1. The number of hydrogen-bond donors (Lipinski definition) is 1. The molecule has 3 rings (SSSR count). The van der Waals surface area contributed by atoms with E-state index in [9.17, 15) is 0 Å². The van der Waals surface area contributed by atoms with Crippen molar-refractivity contribution in [1.82, 2.24) is 9.38 Å². The van der Waals surface area contributed by atoms with Crippen molar-refractivity contribution in [1.29, 1.82) is 0 Å². The number of aryl methyl sites for hydroxylation is 1. The van der Waals surface area contributed by atoms with Gasteiger partial charge in [0, 0.05) is 28.2 Å². The number of benzene rings is 1. The highest BCUT2D eigenvalue weighted by atomic mass is 35.5. The Morgan fingerprint density at radius 3 is 2.56 bits per heavy atom. The lowest BCUT2D eigenvalue weighted by molar-refractivity contribution is 1.11. The number of nitrogens with two attached hydrogens (primary N) is 1. The van der Waals surface area contributed by atoms with Gasteiger partial charge in [-0.1, -0.05) is 23.7 Å². The molecule has 0 aliphatic heterocycles. The Bertz CT molecular complexity index is 714. The van der Waals surface area contributed by atoms with Gasteiger partial charge in [0.25, 0.3) is 0 Å². The smallest absolute Gasteiger partial charge is 0.137 e. The van der Waals surface area contributed by atoms with Crippen LogP contribution in [0.3, 0.4) is 0 Å². The third-order valence-electron chi connectivity index (χ3n) is 3.00. The quantitative estimate of drug-likeness (QED) is 0.725. The molecule has 1 aromatic carbocycles. The molecule has 90 valence electrons. The summed E-state index contributed by atoms with van der Waals surface area (Å²) in [6.45, 7) is 2.03. The number of aromatic nitrogens is 2. The van der Waals surface area contributed by atoms with Crippen LogP contribution in [0.25, 0.3) is 16.9 Å². The lowest BCUT2D eigenvalue weighted by Crippen LogP contribution is -1.91. The summed E-state index contributed by atoms with van der Waals surface area (Å²) >= 11 is 5.90. The fourth-order valence-corrected chi connectivity index (χ4v) is 2.19. The van der Waals surface area contributed by atoms with Crippen molar-refractivity contribution in [2.45, 2.75) is 6.92 Å². The largest absolute Gasteiger partial charge is 0.398 e. The first-order valence-electron chi connectivity index (χ1n) is 5.65. The van der Waals surface area contributed by atoms with Gasteiger partial charge in [-0.2, -0.15) is 0 Å². The average Bonchev–Trinajstić information content (AvgIpc) is 2.68. The van der Waals surface area contributed by atoms with Crippen LogP contribution < -0.4 is 5.73 Å². The van der Waals surface area contributed by atoms with Crippen LogP contribution in [0.2, 0.25) is 5.02 Å². The van der Waals surface area contributed by atoms with Crippen molar-refractivity contribution in [3.05, 3.63) is 53.3 Å². The summed E-state index contributed by atoms with van der Waals surface area (Å²) in [5.74, 6) is 0. The normalized spacial score (nSPS) is 11.0. The van der Waals surface area contributed by atoms with Crippen LogP contribution in [0.15, 0.2) is 42.6 Å². The monoisotopic (exact) mass is 257 g/mol. The molecule has 0 aliphatic carbocycles. The fraction of sp³-hybridized carbons (Fsp3) is 0.0714. The third-order valence-corrected chi connectivity index (χ3v) is 3.25. The van der Waals surface area contributed by atoms with E-state index in [2.05, 4.69) is 4.98 Å². The fourth-order valence-electron chi connectivity index (χ4n) is 2.06. The second-order valence-electron chi connectivity index (χ2n) is 4.24. The van der Waals surface area contributed by atoms with Crippen molar-refractivity contribution in [2.75, 3.05) is 5.73 Å². The summed E-state index contributed by atoms with van der Waals surface area (Å²) in [6.07, 6.45) is 1.89. The summed E-state index contributed by atoms with van der Waals surface area (Å²) in [4.78, 5) is 4.62. The molecule has 0 fully saturated rings. The lowest BCUT2D eigenvalue weighted by atomic mass is 10.1. The molecule has 2 N–H and O–H groups in total. The molecule has 4 heteroatoms. The van der Waals surface area contributed by atoms with E-state index in [4.69, 9.17) is 17.3 Å². The number of anilines is 1. The minimum Gasteiger partial charge on any atom is -0.398 e. The highest BCUT2D eigenvalue weighted by Gasteiger charge is 2.10. The van der Waals surface area contributed by atoms with Crippen LogP contribution in [0.5, 0.6) is 0 Å². The summed E-state index contributed by atoms with van der Waals surface area (Å²) in [7, 11) is 0. The molecule has 0 unspecified atom stereocenters. The lowest BCUT2D eigenvalue weighted by Gasteiger charge is -2.00. The zero-order valence-electron chi connectivity index (χ0n) is 9.89. The van der Waals surface area contributed by atoms with Crippen LogP contribution in [0.1, 0.15) is 5.69 Å². The molecule has 0 spiro atoms. The van der Waals surface area contributed by atoms with Crippen molar-refractivity contribution in [3.63, 3.8) is 0 Å². The molecular formula is C14H12ClN3. The molecule has 18 heavy (non-hydrogen) atoms. The van der Waals surface area contributed by atoms with Gasteiger partial charge in [0.1, 0.15) is 5.65 Å². The van der Waals surface area contributed by atoms with Gasteiger partial charge in [-0.25, -0.2) is 4.98 Å². The molecule has 0 saturated carbocycles. The number of fused-ring (bicyclic) bond motifs is 1. The van der Waals surface area contributed by atoms with E-state index in [1.807, 2.05) is 53.9 Å². The van der Waals surface area contributed by atoms with E-state index in [-0.39, 0.29) is 0 Å². The van der Waals surface area contributed by atoms with E-state index in [0.717, 1.165) is 33.3 Å². The van der Waals surface area contributed by atoms with Gasteiger partial charge < -0.3 is 10.1 Å². The molecule has 0 bridgehead atoms. The Balaban J connectivity index is 2.23. The maximum absolute atomic E-state index is 5.90. The first-order chi connectivity index (χ1) is 8.65. The van der Waals surface area contributed by atoms with Crippen LogP contribution in [-0.2, 0) is 0 Å². The van der Waals surface area contributed by atoms with E-state index < -0.39 is 0 Å². The molecule has 0 radical (unpaired) electrons. The Hall–Kier alpha value is -2.00. The zero-order chi connectivity index (χ0) is 12.7. The van der Waals surface area contributed by atoms with Gasteiger partial charge in [0.2, 0.25) is 0 Å². The minimum atomic E-state index is 0.726. The van der Waals surface area contributed by atoms with Gasteiger partial charge in [-0.15, -0.1) is 0 Å². The van der Waals surface area contributed by atoms with E-state index in [1.54, 1.807) is 0 Å². The highest BCUT2D eigenvalue weighted by molar-refractivity contribution is 6.30. The average molecular weight is 258 g/mol. The number of pyridine rings is 1. The number of nitrogen functional groups attached to an aromatic ring is 1. The second-order valence-corrected chi connectivity index (χ2v) is 4.68. The molecule has 2 aromatic heterocycles. The van der Waals surface area contributed by atoms with Crippen molar-refractivity contribution < 1.29 is 0 Å². The van der Waals surface area contributed by atoms with Gasteiger partial charge in [0.05, 0.1) is 5.69 Å². The van der Waals surface area contributed by atoms with Crippen LogP contribution in [0.4, 0.5) is 5.69 Å². The molecular weight excluding hydrogens is 246 g/mol. The standard InChI is InChI=1S/C14H12ClN3/c1-9-14(10-2-4-11(15)5-3-10)17-13-7-6-12(16)8-18(9)13/h2-8H,16H2,1H3. The first kappa shape index (κ1) is 11.1. The molecule has 0 saturated heterocycles. The van der Waals surface area contributed by atoms with Crippen LogP contribution in [-0.4, -0.2) is 9.38 Å².